The van der Waals surface area contributed by atoms with Crippen molar-refractivity contribution in [2.24, 2.45) is 0 Å². The molecule has 3 rings (SSSR count). The molecule has 2 N–H and O–H groups in total. The third-order valence-corrected chi connectivity index (χ3v) is 6.59. The van der Waals surface area contributed by atoms with Gasteiger partial charge in [0.1, 0.15) is 12.4 Å². The first-order chi connectivity index (χ1) is 13.7. The molecular formula is C19H22N4O2S3. The average molecular weight is 435 g/mol. The number of amides is 1. The predicted octanol–water partition coefficient (Wildman–Crippen LogP) is 3.85. The number of aryl methyl sites for hydroxylation is 1. The molecule has 28 heavy (non-hydrogen) atoms. The maximum Gasteiger partial charge on any atom is 0.230 e. The molecule has 0 aliphatic rings. The molecule has 0 unspecified atom stereocenters. The van der Waals surface area contributed by atoms with Crippen molar-refractivity contribution in [2.75, 3.05) is 30.8 Å². The number of hydrogen-bond acceptors (Lipinski definition) is 8. The van der Waals surface area contributed by atoms with E-state index in [1.807, 2.05) is 31.2 Å². The van der Waals surface area contributed by atoms with Crippen LogP contribution in [0.1, 0.15) is 10.4 Å². The van der Waals surface area contributed by atoms with E-state index in [4.69, 9.17) is 4.74 Å². The van der Waals surface area contributed by atoms with E-state index in [9.17, 15) is 4.79 Å². The van der Waals surface area contributed by atoms with Crippen LogP contribution in [0.5, 0.6) is 5.75 Å². The third-order valence-electron chi connectivity index (χ3n) is 3.64. The summed E-state index contributed by atoms with van der Waals surface area (Å²) in [5.41, 5.74) is 1.15. The number of hydrogen-bond donors (Lipinski definition) is 2. The molecule has 0 saturated carbocycles. The van der Waals surface area contributed by atoms with Crippen LogP contribution >= 0.6 is 34.4 Å². The molecule has 9 heteroatoms. The van der Waals surface area contributed by atoms with Crippen molar-refractivity contribution >= 4 is 45.5 Å². The second-order valence-corrected chi connectivity index (χ2v) is 9.17. The quantitative estimate of drug-likeness (QED) is 0.353. The summed E-state index contributed by atoms with van der Waals surface area (Å²) in [5, 5.41) is 17.2. The Bertz CT molecular complexity index is 868. The molecule has 1 aromatic carbocycles. The van der Waals surface area contributed by atoms with Gasteiger partial charge in [-0.25, -0.2) is 0 Å². The lowest BCUT2D eigenvalue weighted by Gasteiger charge is -2.07. The number of thiophene rings is 1. The summed E-state index contributed by atoms with van der Waals surface area (Å²) in [6.45, 7) is 3.75. The van der Waals surface area contributed by atoms with Gasteiger partial charge in [0.05, 0.1) is 12.3 Å². The minimum absolute atomic E-state index is 0.0414. The van der Waals surface area contributed by atoms with Gasteiger partial charge in [0.2, 0.25) is 11.0 Å². The summed E-state index contributed by atoms with van der Waals surface area (Å²) < 4.78 is 6.40. The smallest absolute Gasteiger partial charge is 0.230 e. The molecule has 0 atom stereocenters. The number of nitrogens with one attached hydrogen (secondary N) is 2. The lowest BCUT2D eigenvalue weighted by atomic mass is 10.2. The van der Waals surface area contributed by atoms with E-state index in [0.717, 1.165) is 33.7 Å². The van der Waals surface area contributed by atoms with Crippen molar-refractivity contribution in [2.45, 2.75) is 17.7 Å². The highest BCUT2D eigenvalue weighted by molar-refractivity contribution is 8.01. The van der Waals surface area contributed by atoms with Crippen molar-refractivity contribution in [3.63, 3.8) is 0 Å². The number of ether oxygens (including phenoxy) is 1. The van der Waals surface area contributed by atoms with E-state index >= 15 is 0 Å². The number of nitrogens with zero attached hydrogens (tertiary/aromatic N) is 2. The summed E-state index contributed by atoms with van der Waals surface area (Å²) in [6.07, 6.45) is 0.965. The number of benzene rings is 1. The lowest BCUT2D eigenvalue weighted by Crippen LogP contribution is -2.29. The van der Waals surface area contributed by atoms with Gasteiger partial charge in [-0.3, -0.25) is 4.79 Å². The topological polar surface area (TPSA) is 76.1 Å². The first kappa shape index (κ1) is 20.6. The zero-order chi connectivity index (χ0) is 19.6. The van der Waals surface area contributed by atoms with Gasteiger partial charge in [0.25, 0.3) is 0 Å². The molecule has 2 heterocycles. The molecular weight excluding hydrogens is 412 g/mol. The Labute approximate surface area is 176 Å². The van der Waals surface area contributed by atoms with Gasteiger partial charge in [-0.05, 0) is 42.5 Å². The number of anilines is 1. The number of carbonyl (C=O) groups excluding carboxylic acids is 1. The van der Waals surface area contributed by atoms with Crippen LogP contribution < -0.4 is 15.4 Å². The first-order valence-corrected chi connectivity index (χ1v) is 11.6. The Kier molecular flexibility index (Phi) is 8.13. The van der Waals surface area contributed by atoms with Crippen LogP contribution in [0.2, 0.25) is 0 Å². The molecule has 0 aliphatic heterocycles. The molecule has 0 fully saturated rings. The average Bonchev–Trinajstić information content (AvgIpc) is 3.36. The summed E-state index contributed by atoms with van der Waals surface area (Å²) in [6, 6.07) is 12.0. The van der Waals surface area contributed by atoms with Gasteiger partial charge < -0.3 is 15.4 Å². The molecule has 2 aromatic heterocycles. The zero-order valence-electron chi connectivity index (χ0n) is 15.5. The van der Waals surface area contributed by atoms with E-state index < -0.39 is 0 Å². The number of carbonyl (C=O) groups is 1. The van der Waals surface area contributed by atoms with Crippen molar-refractivity contribution in [1.29, 1.82) is 0 Å². The molecule has 0 spiro atoms. The van der Waals surface area contributed by atoms with Gasteiger partial charge in [-0.1, -0.05) is 41.3 Å². The molecule has 0 bridgehead atoms. The maximum atomic E-state index is 11.9. The second kappa shape index (κ2) is 11.0. The van der Waals surface area contributed by atoms with Gasteiger partial charge in [-0.15, -0.1) is 21.5 Å². The highest BCUT2D eigenvalue weighted by Gasteiger charge is 2.08. The summed E-state index contributed by atoms with van der Waals surface area (Å²) in [4.78, 5) is 13.3. The van der Waals surface area contributed by atoms with Crippen LogP contribution in [-0.2, 0) is 11.2 Å². The van der Waals surface area contributed by atoms with E-state index in [2.05, 4.69) is 38.3 Å². The molecule has 0 saturated heterocycles. The maximum absolute atomic E-state index is 11.9. The van der Waals surface area contributed by atoms with Crippen LogP contribution in [0.4, 0.5) is 5.13 Å². The normalized spacial score (nSPS) is 10.6. The molecule has 6 nitrogen and oxygen atoms in total. The molecule has 0 radical (unpaired) electrons. The Balaban J connectivity index is 1.28. The predicted molar refractivity (Wildman–Crippen MR) is 117 cm³/mol. The van der Waals surface area contributed by atoms with E-state index in [1.165, 1.54) is 28.0 Å². The highest BCUT2D eigenvalue weighted by atomic mass is 32.2. The fourth-order valence-corrected chi connectivity index (χ4v) is 4.65. The minimum atomic E-state index is -0.0414. The molecule has 0 aliphatic carbocycles. The lowest BCUT2D eigenvalue weighted by molar-refractivity contribution is -0.118. The van der Waals surface area contributed by atoms with Crippen molar-refractivity contribution in [3.05, 3.63) is 52.2 Å². The van der Waals surface area contributed by atoms with Crippen LogP contribution in [0.25, 0.3) is 0 Å². The summed E-state index contributed by atoms with van der Waals surface area (Å²) in [7, 11) is 0. The fraction of sp³-hybridized carbons (Fsp3) is 0.316. The number of aromatic nitrogens is 2. The minimum Gasteiger partial charge on any atom is -0.492 e. The molecule has 1 amide bonds. The van der Waals surface area contributed by atoms with Crippen molar-refractivity contribution < 1.29 is 9.53 Å². The zero-order valence-corrected chi connectivity index (χ0v) is 18.0. The van der Waals surface area contributed by atoms with Gasteiger partial charge in [-0.2, -0.15) is 0 Å². The van der Waals surface area contributed by atoms with Crippen molar-refractivity contribution in [3.8, 4) is 5.75 Å². The van der Waals surface area contributed by atoms with E-state index in [1.54, 1.807) is 11.3 Å². The Hall–Kier alpha value is -2.10. The standard InChI is InChI=1S/C19H22N4O2S3/c1-14-4-2-5-15(12-14)25-10-9-20-17(24)13-27-19-23-22-18(28-19)21-8-7-16-6-3-11-26-16/h2-6,11-12H,7-10,13H2,1H3,(H,20,24)(H,21,22). The molecule has 148 valence electrons. The van der Waals surface area contributed by atoms with Gasteiger partial charge >= 0.3 is 0 Å². The van der Waals surface area contributed by atoms with Gasteiger partial charge in [0.15, 0.2) is 4.34 Å². The van der Waals surface area contributed by atoms with Crippen LogP contribution in [0.3, 0.4) is 0 Å². The number of thioether (sulfide) groups is 1. The van der Waals surface area contributed by atoms with Crippen molar-refractivity contribution in [1.82, 2.24) is 15.5 Å². The SMILES string of the molecule is Cc1cccc(OCCNC(=O)CSc2nnc(NCCc3cccs3)s2)c1. The molecule has 3 aromatic rings. The summed E-state index contributed by atoms with van der Waals surface area (Å²) in [5.74, 6) is 1.09. The fourth-order valence-electron chi connectivity index (χ4n) is 2.33. The Morgan fingerprint density at radius 2 is 2.14 bits per heavy atom. The third kappa shape index (κ3) is 7.14. The van der Waals surface area contributed by atoms with E-state index in [0.29, 0.717) is 18.9 Å². The van der Waals surface area contributed by atoms with E-state index in [-0.39, 0.29) is 5.91 Å². The first-order valence-electron chi connectivity index (χ1n) is 8.88. The summed E-state index contributed by atoms with van der Waals surface area (Å²) >= 11 is 4.61. The van der Waals surface area contributed by atoms with Crippen LogP contribution in [0.15, 0.2) is 46.1 Å². The highest BCUT2D eigenvalue weighted by Crippen LogP contribution is 2.25. The van der Waals surface area contributed by atoms with Gasteiger partial charge in [0, 0.05) is 11.4 Å². The second-order valence-electron chi connectivity index (χ2n) is 5.93. The largest absolute Gasteiger partial charge is 0.492 e. The van der Waals surface area contributed by atoms with Crippen LogP contribution in [0, 0.1) is 6.92 Å². The monoisotopic (exact) mass is 434 g/mol. The Morgan fingerprint density at radius 1 is 1.21 bits per heavy atom. The number of rotatable bonds is 11. The van der Waals surface area contributed by atoms with Crippen LogP contribution in [-0.4, -0.2) is 41.6 Å². The Morgan fingerprint density at radius 3 is 2.96 bits per heavy atom.